The number of hydrogen-bond acceptors (Lipinski definition) is 2. The molecule has 1 aliphatic rings. The van der Waals surface area contributed by atoms with Crippen molar-refractivity contribution in [2.75, 3.05) is 6.54 Å². The molecule has 0 bridgehead atoms. The molecule has 2 aromatic rings. The Bertz CT molecular complexity index is 651. The average molecular weight is 285 g/mol. The highest BCUT2D eigenvalue weighted by molar-refractivity contribution is 5.82. The minimum Gasteiger partial charge on any atom is -0.459 e. The summed E-state index contributed by atoms with van der Waals surface area (Å²) < 4.78 is 6.05. The van der Waals surface area contributed by atoms with E-state index in [1.165, 1.54) is 10.9 Å². The number of fused-ring (bicyclic) bond motifs is 1. The normalized spacial score (nSPS) is 21.6. The van der Waals surface area contributed by atoms with Crippen molar-refractivity contribution < 1.29 is 4.42 Å². The number of nitrogens with one attached hydrogen (secondary N) is 1. The fourth-order valence-electron chi connectivity index (χ4n) is 3.84. The lowest BCUT2D eigenvalue weighted by Gasteiger charge is -2.13. The van der Waals surface area contributed by atoms with Gasteiger partial charge < -0.3 is 9.73 Å². The van der Waals surface area contributed by atoms with Gasteiger partial charge in [0.1, 0.15) is 11.3 Å². The van der Waals surface area contributed by atoms with Gasteiger partial charge in [0, 0.05) is 5.39 Å². The van der Waals surface area contributed by atoms with Crippen molar-refractivity contribution >= 4 is 11.0 Å². The Labute approximate surface area is 127 Å². The van der Waals surface area contributed by atoms with Crippen molar-refractivity contribution in [1.82, 2.24) is 5.32 Å². The first-order valence-corrected chi connectivity index (χ1v) is 7.98. The molecular formula is C19H27NO. The summed E-state index contributed by atoms with van der Waals surface area (Å²) in [5, 5.41) is 4.91. The Morgan fingerprint density at radius 2 is 1.76 bits per heavy atom. The molecule has 3 rings (SSSR count). The maximum atomic E-state index is 6.05. The second-order valence-corrected chi connectivity index (χ2v) is 7.71. The van der Waals surface area contributed by atoms with Gasteiger partial charge in [-0.2, -0.15) is 0 Å². The molecule has 21 heavy (non-hydrogen) atoms. The Hall–Kier alpha value is -1.28. The van der Waals surface area contributed by atoms with Crippen LogP contribution in [0.3, 0.4) is 0 Å². The molecular weight excluding hydrogens is 258 g/mol. The quantitative estimate of drug-likeness (QED) is 0.848. The average Bonchev–Trinajstić information content (AvgIpc) is 2.71. The lowest BCUT2D eigenvalue weighted by Crippen LogP contribution is -2.23. The van der Waals surface area contributed by atoms with E-state index < -0.39 is 0 Å². The molecule has 1 heterocycles. The van der Waals surface area contributed by atoms with Crippen molar-refractivity contribution in [2.45, 2.75) is 47.6 Å². The first kappa shape index (κ1) is 14.6. The largest absolute Gasteiger partial charge is 0.459 e. The van der Waals surface area contributed by atoms with Gasteiger partial charge in [-0.05, 0) is 48.8 Å². The Kier molecular flexibility index (Phi) is 3.21. The number of para-hydroxylation sites is 1. The summed E-state index contributed by atoms with van der Waals surface area (Å²) in [6.45, 7) is 14.9. The minimum atomic E-state index is 0.254. The van der Waals surface area contributed by atoms with E-state index in [2.05, 4.69) is 59.0 Å². The summed E-state index contributed by atoms with van der Waals surface area (Å²) in [6, 6.07) is 8.54. The molecule has 0 spiro atoms. The predicted molar refractivity (Wildman–Crippen MR) is 88.4 cm³/mol. The van der Waals surface area contributed by atoms with E-state index in [-0.39, 0.29) is 6.04 Å². The van der Waals surface area contributed by atoms with Crippen molar-refractivity contribution in [3.05, 3.63) is 35.6 Å². The van der Waals surface area contributed by atoms with Gasteiger partial charge >= 0.3 is 0 Å². The molecule has 1 fully saturated rings. The molecule has 1 aromatic heterocycles. The van der Waals surface area contributed by atoms with E-state index >= 15 is 0 Å². The summed E-state index contributed by atoms with van der Waals surface area (Å²) in [5.41, 5.74) is 3.12. The zero-order valence-electron chi connectivity index (χ0n) is 14.1. The van der Waals surface area contributed by atoms with Crippen LogP contribution < -0.4 is 5.32 Å². The fourth-order valence-corrected chi connectivity index (χ4v) is 3.84. The first-order valence-electron chi connectivity index (χ1n) is 7.98. The monoisotopic (exact) mass is 285 g/mol. The predicted octanol–water partition coefficient (Wildman–Crippen LogP) is 5.07. The molecule has 1 unspecified atom stereocenters. The van der Waals surface area contributed by atoms with Crippen molar-refractivity contribution in [2.24, 2.45) is 16.7 Å². The van der Waals surface area contributed by atoms with Gasteiger partial charge in [-0.25, -0.2) is 0 Å². The summed E-state index contributed by atoms with van der Waals surface area (Å²) in [7, 11) is 0. The third kappa shape index (κ3) is 2.12. The third-order valence-corrected chi connectivity index (χ3v) is 6.22. The molecule has 0 saturated heterocycles. The molecule has 114 valence electrons. The number of hydrogen-bond donors (Lipinski definition) is 1. The Balaban J connectivity index is 1.73. The molecule has 2 nitrogen and oxygen atoms in total. The maximum Gasteiger partial charge on any atom is 0.134 e. The summed E-state index contributed by atoms with van der Waals surface area (Å²) in [6.07, 6.45) is 0. The molecule has 1 aromatic carbocycles. The molecule has 1 saturated carbocycles. The summed E-state index contributed by atoms with van der Waals surface area (Å²) >= 11 is 0. The molecule has 1 N–H and O–H groups in total. The van der Waals surface area contributed by atoms with Gasteiger partial charge in [0.2, 0.25) is 0 Å². The van der Waals surface area contributed by atoms with Crippen molar-refractivity contribution in [3.8, 4) is 0 Å². The van der Waals surface area contributed by atoms with Gasteiger partial charge in [-0.3, -0.25) is 0 Å². The Morgan fingerprint density at radius 1 is 1.14 bits per heavy atom. The maximum absolute atomic E-state index is 6.05. The van der Waals surface area contributed by atoms with E-state index in [1.54, 1.807) is 0 Å². The zero-order chi connectivity index (χ0) is 15.4. The van der Waals surface area contributed by atoms with Crippen LogP contribution in [0.5, 0.6) is 0 Å². The highest BCUT2D eigenvalue weighted by atomic mass is 16.3. The molecule has 0 aliphatic heterocycles. The molecule has 0 radical (unpaired) electrons. The van der Waals surface area contributed by atoms with Crippen LogP contribution in [0.4, 0.5) is 0 Å². The van der Waals surface area contributed by atoms with Crippen LogP contribution in [-0.2, 0) is 0 Å². The van der Waals surface area contributed by atoms with Gasteiger partial charge in [0.25, 0.3) is 0 Å². The van der Waals surface area contributed by atoms with Crippen LogP contribution in [0.1, 0.15) is 52.0 Å². The van der Waals surface area contributed by atoms with Crippen molar-refractivity contribution in [1.29, 1.82) is 0 Å². The SMILES string of the molecule is Cc1c(C(C)NCC2C(C)(C)C2(C)C)oc2ccccc12. The molecule has 2 heteroatoms. The molecule has 1 aliphatic carbocycles. The van der Waals surface area contributed by atoms with Gasteiger partial charge in [-0.15, -0.1) is 0 Å². The van der Waals surface area contributed by atoms with Crippen molar-refractivity contribution in [3.63, 3.8) is 0 Å². The topological polar surface area (TPSA) is 25.2 Å². The first-order chi connectivity index (χ1) is 9.76. The van der Waals surface area contributed by atoms with Crippen LogP contribution in [0.15, 0.2) is 28.7 Å². The third-order valence-electron chi connectivity index (χ3n) is 6.22. The zero-order valence-corrected chi connectivity index (χ0v) is 14.1. The van der Waals surface area contributed by atoms with E-state index in [1.807, 2.05) is 12.1 Å². The van der Waals surface area contributed by atoms with E-state index in [0.29, 0.717) is 10.8 Å². The smallest absolute Gasteiger partial charge is 0.134 e. The molecule has 0 amide bonds. The van der Waals surface area contributed by atoms with E-state index in [9.17, 15) is 0 Å². The summed E-state index contributed by atoms with van der Waals surface area (Å²) in [4.78, 5) is 0. The Morgan fingerprint density at radius 3 is 2.33 bits per heavy atom. The van der Waals surface area contributed by atoms with Crippen LogP contribution in [0.2, 0.25) is 0 Å². The highest BCUT2D eigenvalue weighted by Gasteiger charge is 2.63. The van der Waals surface area contributed by atoms with Crippen LogP contribution in [0.25, 0.3) is 11.0 Å². The van der Waals surface area contributed by atoms with E-state index in [4.69, 9.17) is 4.42 Å². The second-order valence-electron chi connectivity index (χ2n) is 7.71. The van der Waals surface area contributed by atoms with Gasteiger partial charge in [0.05, 0.1) is 6.04 Å². The van der Waals surface area contributed by atoms with E-state index in [0.717, 1.165) is 23.8 Å². The van der Waals surface area contributed by atoms with Crippen LogP contribution >= 0.6 is 0 Å². The van der Waals surface area contributed by atoms with Crippen LogP contribution in [-0.4, -0.2) is 6.54 Å². The number of furan rings is 1. The minimum absolute atomic E-state index is 0.254. The van der Waals surface area contributed by atoms with Gasteiger partial charge in [-0.1, -0.05) is 45.9 Å². The molecule has 1 atom stereocenters. The lowest BCUT2D eigenvalue weighted by atomic mass is 10.0. The number of benzene rings is 1. The summed E-state index contributed by atoms with van der Waals surface area (Å²) in [5.74, 6) is 1.81. The lowest BCUT2D eigenvalue weighted by molar-refractivity contribution is 0.423. The second kappa shape index (κ2) is 4.61. The fraction of sp³-hybridized carbons (Fsp3) is 0.579. The van der Waals surface area contributed by atoms with Crippen LogP contribution in [0, 0.1) is 23.7 Å². The standard InChI is InChI=1S/C19H27NO/c1-12-14-9-7-8-10-15(14)21-17(12)13(2)20-11-16-18(3,4)19(16,5)6/h7-10,13,16,20H,11H2,1-6H3. The number of aryl methyl sites for hydroxylation is 1. The number of rotatable bonds is 4. The van der Waals surface area contributed by atoms with Gasteiger partial charge in [0.15, 0.2) is 0 Å². The highest BCUT2D eigenvalue weighted by Crippen LogP contribution is 2.68.